The Kier molecular flexibility index (Phi) is 7.44. The summed E-state index contributed by atoms with van der Waals surface area (Å²) in [6, 6.07) is 17.9. The van der Waals surface area contributed by atoms with Crippen LogP contribution in [0.1, 0.15) is 37.1 Å². The fourth-order valence-corrected chi connectivity index (χ4v) is 5.28. The van der Waals surface area contributed by atoms with E-state index >= 15 is 0 Å². The predicted molar refractivity (Wildman–Crippen MR) is 147 cm³/mol. The highest BCUT2D eigenvalue weighted by atomic mass is 32.1. The van der Waals surface area contributed by atoms with Crippen molar-refractivity contribution in [3.05, 3.63) is 78.4 Å². The van der Waals surface area contributed by atoms with Gasteiger partial charge in [-0.15, -0.1) is 0 Å². The van der Waals surface area contributed by atoms with Gasteiger partial charge in [0.05, 0.1) is 11.9 Å². The minimum atomic E-state index is -0.398. The van der Waals surface area contributed by atoms with Gasteiger partial charge in [0.1, 0.15) is 11.9 Å². The molecule has 1 fully saturated rings. The molecule has 1 aliphatic rings. The van der Waals surface area contributed by atoms with Crippen molar-refractivity contribution in [1.82, 2.24) is 24.8 Å². The number of H-pyrrole nitrogens is 2. The third kappa shape index (κ3) is 5.05. The topological polar surface area (TPSA) is 94.0 Å². The number of aromatic amines is 2. The van der Waals surface area contributed by atoms with E-state index in [1.807, 2.05) is 54.9 Å². The van der Waals surface area contributed by atoms with Crippen LogP contribution in [-0.2, 0) is 17.8 Å². The van der Waals surface area contributed by atoms with Gasteiger partial charge in [0.25, 0.3) is 5.91 Å². The summed E-state index contributed by atoms with van der Waals surface area (Å²) in [5.74, 6) is 0.833. The van der Waals surface area contributed by atoms with E-state index in [0.717, 1.165) is 59.2 Å². The molecule has 1 aliphatic heterocycles. The molecule has 3 heterocycles. The first-order chi connectivity index (χ1) is 17.7. The first-order valence-corrected chi connectivity index (χ1v) is 13.0. The number of benzene rings is 2. The average Bonchev–Trinajstić information content (AvgIpc) is 3.60. The third-order valence-corrected chi connectivity index (χ3v) is 7.31. The number of fused-ring (bicyclic) bond motifs is 1. The summed E-state index contributed by atoms with van der Waals surface area (Å²) < 4.78 is 0. The molecule has 186 valence electrons. The zero-order valence-electron chi connectivity index (χ0n) is 20.3. The van der Waals surface area contributed by atoms with E-state index in [4.69, 9.17) is 18.0 Å². The Morgan fingerprint density at radius 3 is 2.61 bits per heavy atom. The van der Waals surface area contributed by atoms with Crippen LogP contribution in [0.4, 0.5) is 0 Å². The maximum Gasteiger partial charge on any atom is 0.251 e. The monoisotopic (exact) mass is 500 g/mol. The maximum atomic E-state index is 13.6. The molecule has 4 N–H and O–H groups in total. The molecule has 1 saturated heterocycles. The number of thiocarbonyl (C=S) groups is 1. The molecule has 0 radical (unpaired) electrons. The predicted octanol–water partition coefficient (Wildman–Crippen LogP) is 4.62. The van der Waals surface area contributed by atoms with Crippen molar-refractivity contribution in [2.45, 2.75) is 44.7 Å². The van der Waals surface area contributed by atoms with Crippen molar-refractivity contribution in [2.75, 3.05) is 13.1 Å². The Labute approximate surface area is 216 Å². The number of carbonyl (C=O) groups is 1. The van der Waals surface area contributed by atoms with E-state index < -0.39 is 6.04 Å². The SMILES string of the molecule is NCCCCCCN1C(=O)C(Cc2ncc(-c3ccccc3)[nH]2)N(Cc2c[nH]c3ccccc23)C1=S. The number of hydrogen-bond donors (Lipinski definition) is 3. The standard InChI is InChI=1S/C28H32N6OS/c29-14-8-1-2-9-15-33-27(35)25(16-26-31-18-24(32-26)20-10-4-3-5-11-20)34(28(33)36)19-21-17-30-23-13-7-6-12-22(21)23/h3-7,10-13,17-18,25,30H,1-2,8-9,14-16,19,29H2,(H,31,32). The lowest BCUT2D eigenvalue weighted by Gasteiger charge is -2.23. The van der Waals surface area contributed by atoms with E-state index in [-0.39, 0.29) is 5.91 Å². The van der Waals surface area contributed by atoms with E-state index in [1.54, 1.807) is 4.90 Å². The molecule has 1 amide bonds. The van der Waals surface area contributed by atoms with Crippen LogP contribution in [0.3, 0.4) is 0 Å². The number of aromatic nitrogens is 3. The number of nitrogens with two attached hydrogens (primary N) is 1. The molecule has 8 heteroatoms. The highest BCUT2D eigenvalue weighted by molar-refractivity contribution is 7.80. The van der Waals surface area contributed by atoms with Gasteiger partial charge in [0.15, 0.2) is 5.11 Å². The second-order valence-electron chi connectivity index (χ2n) is 9.29. The fraction of sp³-hybridized carbons (Fsp3) is 0.321. The molecule has 2 aromatic carbocycles. The Balaban J connectivity index is 1.37. The Bertz CT molecular complexity index is 1330. The molecule has 0 bridgehead atoms. The second kappa shape index (κ2) is 11.1. The molecule has 1 unspecified atom stereocenters. The number of nitrogens with zero attached hydrogens (tertiary/aromatic N) is 3. The van der Waals surface area contributed by atoms with Crippen LogP contribution in [0.2, 0.25) is 0 Å². The number of unbranched alkanes of at least 4 members (excludes halogenated alkanes) is 3. The first kappa shape index (κ1) is 24.2. The van der Waals surface area contributed by atoms with Crippen LogP contribution in [0, 0.1) is 0 Å². The summed E-state index contributed by atoms with van der Waals surface area (Å²) >= 11 is 5.88. The molecule has 4 aromatic rings. The van der Waals surface area contributed by atoms with Crippen LogP contribution < -0.4 is 5.73 Å². The zero-order valence-corrected chi connectivity index (χ0v) is 21.1. The largest absolute Gasteiger partial charge is 0.361 e. The summed E-state index contributed by atoms with van der Waals surface area (Å²) in [4.78, 5) is 28.9. The summed E-state index contributed by atoms with van der Waals surface area (Å²) in [5.41, 5.74) is 9.84. The molecule has 0 aliphatic carbocycles. The van der Waals surface area contributed by atoms with Gasteiger partial charge in [-0.2, -0.15) is 0 Å². The molecule has 5 rings (SSSR count). The highest BCUT2D eigenvalue weighted by Gasteiger charge is 2.42. The smallest absolute Gasteiger partial charge is 0.251 e. The molecule has 0 saturated carbocycles. The molecule has 0 spiro atoms. The van der Waals surface area contributed by atoms with Gasteiger partial charge in [0.2, 0.25) is 0 Å². The van der Waals surface area contributed by atoms with Gasteiger partial charge in [-0.1, -0.05) is 61.4 Å². The van der Waals surface area contributed by atoms with E-state index in [9.17, 15) is 4.79 Å². The minimum Gasteiger partial charge on any atom is -0.361 e. The summed E-state index contributed by atoms with van der Waals surface area (Å²) in [7, 11) is 0. The number of para-hydroxylation sites is 1. The quantitative estimate of drug-likeness (QED) is 0.206. The Morgan fingerprint density at radius 1 is 1.00 bits per heavy atom. The number of amides is 1. The van der Waals surface area contributed by atoms with Crippen LogP contribution in [0.25, 0.3) is 22.2 Å². The van der Waals surface area contributed by atoms with Crippen molar-refractivity contribution in [2.24, 2.45) is 5.73 Å². The Hall–Kier alpha value is -3.49. The van der Waals surface area contributed by atoms with Gasteiger partial charge in [-0.25, -0.2) is 4.98 Å². The van der Waals surface area contributed by atoms with Gasteiger partial charge >= 0.3 is 0 Å². The first-order valence-electron chi connectivity index (χ1n) is 12.6. The van der Waals surface area contributed by atoms with Gasteiger partial charge in [-0.05, 0) is 48.8 Å². The summed E-state index contributed by atoms with van der Waals surface area (Å²) in [6.45, 7) is 1.90. The van der Waals surface area contributed by atoms with Crippen LogP contribution in [-0.4, -0.2) is 54.9 Å². The lowest BCUT2D eigenvalue weighted by molar-refractivity contribution is -0.128. The molecular weight excluding hydrogens is 468 g/mol. The van der Waals surface area contributed by atoms with E-state index in [2.05, 4.69) is 32.0 Å². The number of hydrogen-bond acceptors (Lipinski definition) is 4. The normalized spacial score (nSPS) is 16.0. The number of rotatable bonds is 11. The average molecular weight is 501 g/mol. The van der Waals surface area contributed by atoms with Gasteiger partial charge < -0.3 is 20.6 Å². The number of carbonyl (C=O) groups excluding carboxylic acids is 1. The number of nitrogens with one attached hydrogen (secondary N) is 2. The Morgan fingerprint density at radius 2 is 1.78 bits per heavy atom. The fourth-order valence-electron chi connectivity index (χ4n) is 4.90. The molecule has 7 nitrogen and oxygen atoms in total. The summed E-state index contributed by atoms with van der Waals surface area (Å²) in [6.07, 6.45) is 8.36. The van der Waals surface area contributed by atoms with Crippen LogP contribution in [0.15, 0.2) is 67.0 Å². The molecular formula is C28H32N6OS. The third-order valence-electron chi connectivity index (χ3n) is 6.86. The minimum absolute atomic E-state index is 0.0522. The lowest BCUT2D eigenvalue weighted by atomic mass is 10.1. The van der Waals surface area contributed by atoms with E-state index in [0.29, 0.717) is 31.2 Å². The van der Waals surface area contributed by atoms with E-state index in [1.165, 1.54) is 0 Å². The number of imidazole rings is 1. The highest BCUT2D eigenvalue weighted by Crippen LogP contribution is 2.27. The molecule has 1 atom stereocenters. The van der Waals surface area contributed by atoms with Gasteiger partial charge in [0, 0.05) is 36.6 Å². The van der Waals surface area contributed by atoms with Crippen molar-refractivity contribution in [3.8, 4) is 11.3 Å². The van der Waals surface area contributed by atoms with Crippen molar-refractivity contribution >= 4 is 34.1 Å². The van der Waals surface area contributed by atoms with Crippen molar-refractivity contribution < 1.29 is 4.79 Å². The molecule has 2 aromatic heterocycles. The van der Waals surface area contributed by atoms with Crippen LogP contribution >= 0.6 is 12.2 Å². The maximum absolute atomic E-state index is 13.6. The van der Waals surface area contributed by atoms with Gasteiger partial charge in [-0.3, -0.25) is 9.69 Å². The zero-order chi connectivity index (χ0) is 24.9. The van der Waals surface area contributed by atoms with Crippen molar-refractivity contribution in [3.63, 3.8) is 0 Å². The summed E-state index contributed by atoms with van der Waals surface area (Å²) in [5, 5.41) is 1.75. The van der Waals surface area contributed by atoms with Crippen LogP contribution in [0.5, 0.6) is 0 Å². The lowest BCUT2D eigenvalue weighted by Crippen LogP contribution is -2.36. The van der Waals surface area contributed by atoms with Crippen molar-refractivity contribution in [1.29, 1.82) is 0 Å². The second-order valence-corrected chi connectivity index (χ2v) is 9.66. The molecule has 36 heavy (non-hydrogen) atoms.